The molecule has 2 aromatic rings. The van der Waals surface area contributed by atoms with Gasteiger partial charge in [-0.25, -0.2) is 0 Å². The van der Waals surface area contributed by atoms with E-state index >= 15 is 0 Å². The van der Waals surface area contributed by atoms with Crippen LogP contribution in [-0.4, -0.2) is 4.92 Å². The van der Waals surface area contributed by atoms with Crippen LogP contribution in [0.15, 0.2) is 35.0 Å². The number of non-ortho nitro benzene ring substituents is 1. The highest BCUT2D eigenvalue weighted by Gasteiger charge is 2.11. The molecule has 0 aliphatic carbocycles. The van der Waals surface area contributed by atoms with Gasteiger partial charge in [0.25, 0.3) is 5.69 Å². The van der Waals surface area contributed by atoms with Gasteiger partial charge in [-0.2, -0.15) is 11.3 Å². The minimum Gasteiger partial charge on any atom is -0.378 e. The SMILES string of the molecule is CC(Nc1ccc([N+](=O)[O-])cc1I)c1ccsc1. The molecule has 2 rings (SSSR count). The molecule has 1 unspecified atom stereocenters. The summed E-state index contributed by atoms with van der Waals surface area (Å²) in [5, 5.41) is 18.1. The van der Waals surface area contributed by atoms with Gasteiger partial charge in [-0.15, -0.1) is 0 Å². The first-order valence-corrected chi connectivity index (χ1v) is 7.32. The van der Waals surface area contributed by atoms with Crippen molar-refractivity contribution in [1.82, 2.24) is 0 Å². The maximum absolute atomic E-state index is 10.7. The van der Waals surface area contributed by atoms with Gasteiger partial charge in [0, 0.05) is 27.4 Å². The molecule has 4 nitrogen and oxygen atoms in total. The fourth-order valence-electron chi connectivity index (χ4n) is 1.57. The summed E-state index contributed by atoms with van der Waals surface area (Å²) < 4.78 is 0.851. The van der Waals surface area contributed by atoms with Crippen LogP contribution in [0.25, 0.3) is 0 Å². The average molecular weight is 374 g/mol. The summed E-state index contributed by atoms with van der Waals surface area (Å²) in [7, 11) is 0. The standard InChI is InChI=1S/C12H11IN2O2S/c1-8(9-4-5-18-7-9)14-12-3-2-10(15(16)17)6-11(12)13/h2-8,14H,1H3. The van der Waals surface area contributed by atoms with Crippen LogP contribution >= 0.6 is 33.9 Å². The Morgan fingerprint density at radius 2 is 2.22 bits per heavy atom. The van der Waals surface area contributed by atoms with Crippen molar-refractivity contribution < 1.29 is 4.92 Å². The van der Waals surface area contributed by atoms with Crippen LogP contribution in [0.3, 0.4) is 0 Å². The van der Waals surface area contributed by atoms with Crippen LogP contribution in [0, 0.1) is 13.7 Å². The van der Waals surface area contributed by atoms with E-state index in [0.717, 1.165) is 9.26 Å². The Morgan fingerprint density at radius 1 is 1.44 bits per heavy atom. The predicted molar refractivity (Wildman–Crippen MR) is 82.2 cm³/mol. The van der Waals surface area contributed by atoms with Crippen LogP contribution in [0.2, 0.25) is 0 Å². The lowest BCUT2D eigenvalue weighted by molar-refractivity contribution is -0.384. The summed E-state index contributed by atoms with van der Waals surface area (Å²) in [6, 6.07) is 7.10. The van der Waals surface area contributed by atoms with Gasteiger partial charge >= 0.3 is 0 Å². The van der Waals surface area contributed by atoms with E-state index < -0.39 is 0 Å². The van der Waals surface area contributed by atoms with E-state index in [-0.39, 0.29) is 16.7 Å². The van der Waals surface area contributed by atoms with Crippen molar-refractivity contribution in [3.8, 4) is 0 Å². The summed E-state index contributed by atoms with van der Waals surface area (Å²) in [6.45, 7) is 2.07. The van der Waals surface area contributed by atoms with E-state index in [2.05, 4.69) is 46.3 Å². The van der Waals surface area contributed by atoms with Gasteiger partial charge in [0.15, 0.2) is 0 Å². The molecule has 0 radical (unpaired) electrons. The Kier molecular flexibility index (Phi) is 4.18. The lowest BCUT2D eigenvalue weighted by atomic mass is 10.1. The van der Waals surface area contributed by atoms with Gasteiger partial charge in [-0.1, -0.05) is 0 Å². The molecule has 0 spiro atoms. The van der Waals surface area contributed by atoms with Crippen molar-refractivity contribution in [2.24, 2.45) is 0 Å². The maximum Gasteiger partial charge on any atom is 0.270 e. The van der Waals surface area contributed by atoms with E-state index in [4.69, 9.17) is 0 Å². The summed E-state index contributed by atoms with van der Waals surface area (Å²) in [5.41, 5.74) is 2.25. The van der Waals surface area contributed by atoms with E-state index in [0.29, 0.717) is 0 Å². The van der Waals surface area contributed by atoms with Gasteiger partial charge in [0.05, 0.1) is 4.92 Å². The molecular formula is C12H11IN2O2S. The summed E-state index contributed by atoms with van der Waals surface area (Å²) in [6.07, 6.45) is 0. The van der Waals surface area contributed by atoms with E-state index in [9.17, 15) is 10.1 Å². The van der Waals surface area contributed by atoms with Crippen molar-refractivity contribution in [2.45, 2.75) is 13.0 Å². The summed E-state index contributed by atoms with van der Waals surface area (Å²) >= 11 is 3.76. The first-order chi connectivity index (χ1) is 8.58. The number of nitro groups is 1. The minimum atomic E-state index is -0.381. The molecule has 0 saturated carbocycles. The van der Waals surface area contributed by atoms with Gasteiger partial charge in [-0.3, -0.25) is 10.1 Å². The molecule has 18 heavy (non-hydrogen) atoms. The third-order valence-electron chi connectivity index (χ3n) is 2.58. The van der Waals surface area contributed by atoms with E-state index in [1.54, 1.807) is 23.5 Å². The monoisotopic (exact) mass is 374 g/mol. The van der Waals surface area contributed by atoms with Crippen molar-refractivity contribution >= 4 is 45.3 Å². The summed E-state index contributed by atoms with van der Waals surface area (Å²) in [5.74, 6) is 0. The number of halogens is 1. The van der Waals surface area contributed by atoms with Crippen LogP contribution in [-0.2, 0) is 0 Å². The van der Waals surface area contributed by atoms with E-state index in [1.165, 1.54) is 11.6 Å². The molecule has 1 aromatic carbocycles. The Balaban J connectivity index is 2.17. The normalized spacial score (nSPS) is 12.1. The second-order valence-electron chi connectivity index (χ2n) is 3.84. The fraction of sp³-hybridized carbons (Fsp3) is 0.167. The highest BCUT2D eigenvalue weighted by molar-refractivity contribution is 14.1. The molecule has 0 aliphatic rings. The number of rotatable bonds is 4. The number of thiophene rings is 1. The topological polar surface area (TPSA) is 55.2 Å². The zero-order valence-electron chi connectivity index (χ0n) is 9.59. The molecule has 1 aromatic heterocycles. The number of nitrogens with zero attached hydrogens (tertiary/aromatic N) is 1. The zero-order chi connectivity index (χ0) is 13.1. The summed E-state index contributed by atoms with van der Waals surface area (Å²) in [4.78, 5) is 10.3. The number of hydrogen-bond donors (Lipinski definition) is 1. The molecule has 0 amide bonds. The first kappa shape index (κ1) is 13.3. The van der Waals surface area contributed by atoms with Crippen LogP contribution in [0.5, 0.6) is 0 Å². The quantitative estimate of drug-likeness (QED) is 0.489. The Hall–Kier alpha value is -1.15. The molecule has 0 aliphatic heterocycles. The molecule has 94 valence electrons. The molecule has 1 N–H and O–H groups in total. The molecule has 6 heteroatoms. The number of nitro benzene ring substituents is 1. The van der Waals surface area contributed by atoms with Crippen LogP contribution in [0.4, 0.5) is 11.4 Å². The average Bonchev–Trinajstić information content (AvgIpc) is 2.85. The molecule has 0 fully saturated rings. The third kappa shape index (κ3) is 2.99. The second kappa shape index (κ2) is 5.66. The largest absolute Gasteiger partial charge is 0.378 e. The maximum atomic E-state index is 10.7. The zero-order valence-corrected chi connectivity index (χ0v) is 12.6. The lowest BCUT2D eigenvalue weighted by Gasteiger charge is -2.15. The molecule has 0 saturated heterocycles. The lowest BCUT2D eigenvalue weighted by Crippen LogP contribution is -2.06. The van der Waals surface area contributed by atoms with Crippen LogP contribution in [0.1, 0.15) is 18.5 Å². The van der Waals surface area contributed by atoms with E-state index in [1.807, 2.05) is 5.38 Å². The Bertz CT molecular complexity index is 557. The second-order valence-corrected chi connectivity index (χ2v) is 5.79. The number of anilines is 1. The van der Waals surface area contributed by atoms with Crippen LogP contribution < -0.4 is 5.32 Å². The fourth-order valence-corrected chi connectivity index (χ4v) is 2.98. The van der Waals surface area contributed by atoms with Crippen molar-refractivity contribution in [3.63, 3.8) is 0 Å². The molecular weight excluding hydrogens is 363 g/mol. The highest BCUT2D eigenvalue weighted by Crippen LogP contribution is 2.27. The smallest absolute Gasteiger partial charge is 0.270 e. The number of nitrogens with one attached hydrogen (secondary N) is 1. The first-order valence-electron chi connectivity index (χ1n) is 5.30. The third-order valence-corrected chi connectivity index (χ3v) is 4.17. The van der Waals surface area contributed by atoms with Gasteiger partial charge in [0.1, 0.15) is 0 Å². The molecule has 1 atom stereocenters. The Morgan fingerprint density at radius 3 is 2.78 bits per heavy atom. The van der Waals surface area contributed by atoms with Gasteiger partial charge in [-0.05, 0) is 58.0 Å². The highest BCUT2D eigenvalue weighted by atomic mass is 127. The van der Waals surface area contributed by atoms with Gasteiger partial charge < -0.3 is 5.32 Å². The van der Waals surface area contributed by atoms with Crippen molar-refractivity contribution in [2.75, 3.05) is 5.32 Å². The molecule has 0 bridgehead atoms. The molecule has 1 heterocycles. The number of hydrogen-bond acceptors (Lipinski definition) is 4. The number of benzene rings is 1. The Labute approximate surface area is 122 Å². The minimum absolute atomic E-state index is 0.119. The van der Waals surface area contributed by atoms with Crippen molar-refractivity contribution in [1.29, 1.82) is 0 Å². The van der Waals surface area contributed by atoms with Crippen molar-refractivity contribution in [3.05, 3.63) is 54.3 Å². The van der Waals surface area contributed by atoms with Gasteiger partial charge in [0.2, 0.25) is 0 Å². The predicted octanol–water partition coefficient (Wildman–Crippen LogP) is 4.43.